The van der Waals surface area contributed by atoms with E-state index in [-0.39, 0.29) is 5.54 Å². The van der Waals surface area contributed by atoms with Crippen LogP contribution in [-0.2, 0) is 6.42 Å². The number of rotatable bonds is 4. The molecule has 0 bridgehead atoms. The summed E-state index contributed by atoms with van der Waals surface area (Å²) in [6, 6.07) is 6.96. The van der Waals surface area contributed by atoms with Gasteiger partial charge in [-0.2, -0.15) is 0 Å². The number of nitrogens with one attached hydrogen (secondary N) is 1. The van der Waals surface area contributed by atoms with Gasteiger partial charge in [0.05, 0.1) is 0 Å². The normalized spacial score (nSPS) is 23.2. The van der Waals surface area contributed by atoms with Gasteiger partial charge in [0.2, 0.25) is 0 Å². The highest BCUT2D eigenvalue weighted by Crippen LogP contribution is 2.36. The van der Waals surface area contributed by atoms with E-state index >= 15 is 0 Å². The van der Waals surface area contributed by atoms with Crippen LogP contribution in [0.5, 0.6) is 0 Å². The predicted octanol–water partition coefficient (Wildman–Crippen LogP) is 4.26. The van der Waals surface area contributed by atoms with Crippen molar-refractivity contribution in [2.24, 2.45) is 11.8 Å². The van der Waals surface area contributed by atoms with E-state index in [9.17, 15) is 0 Å². The molecule has 0 radical (unpaired) electrons. The van der Waals surface area contributed by atoms with Gasteiger partial charge in [-0.1, -0.05) is 18.2 Å². The minimum atomic E-state index is 0.251. The van der Waals surface area contributed by atoms with Crippen molar-refractivity contribution in [3.8, 4) is 0 Å². The van der Waals surface area contributed by atoms with Gasteiger partial charge >= 0.3 is 0 Å². The first-order valence-corrected chi connectivity index (χ1v) is 7.66. The Bertz CT molecular complexity index is 428. The van der Waals surface area contributed by atoms with E-state index in [0.717, 1.165) is 11.8 Å². The average Bonchev–Trinajstić information content (AvgIpc) is 2.27. The SMILES string of the molecule is Cc1ccc(CC2CCC2CNC(C)(C)C)cc1C. The maximum absolute atomic E-state index is 3.66. The Hall–Kier alpha value is -0.820. The summed E-state index contributed by atoms with van der Waals surface area (Å²) in [7, 11) is 0. The molecule has 1 aromatic carbocycles. The summed E-state index contributed by atoms with van der Waals surface area (Å²) in [6.07, 6.45) is 4.07. The predicted molar refractivity (Wildman–Crippen MR) is 83.6 cm³/mol. The third kappa shape index (κ3) is 4.07. The number of hydrogen-bond donors (Lipinski definition) is 1. The molecule has 2 unspecified atom stereocenters. The van der Waals surface area contributed by atoms with E-state index in [1.807, 2.05) is 0 Å². The Labute approximate surface area is 118 Å². The molecule has 1 heteroatoms. The Balaban J connectivity index is 1.87. The Morgan fingerprint density at radius 2 is 1.74 bits per heavy atom. The topological polar surface area (TPSA) is 12.0 Å². The van der Waals surface area contributed by atoms with Gasteiger partial charge in [0.15, 0.2) is 0 Å². The smallest absolute Gasteiger partial charge is 0.00966 e. The van der Waals surface area contributed by atoms with Crippen molar-refractivity contribution in [1.29, 1.82) is 0 Å². The van der Waals surface area contributed by atoms with Crippen LogP contribution in [0.15, 0.2) is 18.2 Å². The molecule has 19 heavy (non-hydrogen) atoms. The van der Waals surface area contributed by atoms with E-state index in [1.54, 1.807) is 0 Å². The summed E-state index contributed by atoms with van der Waals surface area (Å²) < 4.78 is 0. The number of benzene rings is 1. The quantitative estimate of drug-likeness (QED) is 0.852. The van der Waals surface area contributed by atoms with Crippen LogP contribution in [0.3, 0.4) is 0 Å². The van der Waals surface area contributed by atoms with Crippen LogP contribution in [0.25, 0.3) is 0 Å². The number of hydrogen-bond acceptors (Lipinski definition) is 1. The summed E-state index contributed by atoms with van der Waals surface area (Å²) in [6.45, 7) is 12.4. The molecule has 1 saturated carbocycles. The maximum Gasteiger partial charge on any atom is 0.00966 e. The van der Waals surface area contributed by atoms with Gasteiger partial charge in [-0.25, -0.2) is 0 Å². The van der Waals surface area contributed by atoms with E-state index in [2.05, 4.69) is 58.1 Å². The van der Waals surface area contributed by atoms with Gasteiger partial charge in [0.25, 0.3) is 0 Å². The fourth-order valence-electron chi connectivity index (χ4n) is 2.85. The van der Waals surface area contributed by atoms with Crippen LogP contribution in [0, 0.1) is 25.7 Å². The summed E-state index contributed by atoms with van der Waals surface area (Å²) in [5.41, 5.74) is 4.61. The first kappa shape index (κ1) is 14.6. The van der Waals surface area contributed by atoms with Crippen LogP contribution < -0.4 is 5.32 Å². The average molecular weight is 259 g/mol. The summed E-state index contributed by atoms with van der Waals surface area (Å²) in [5.74, 6) is 1.76. The van der Waals surface area contributed by atoms with Crippen molar-refractivity contribution in [3.63, 3.8) is 0 Å². The lowest BCUT2D eigenvalue weighted by Gasteiger charge is -2.39. The first-order chi connectivity index (χ1) is 8.85. The summed E-state index contributed by atoms with van der Waals surface area (Å²) in [5, 5.41) is 3.66. The van der Waals surface area contributed by atoms with Crippen LogP contribution in [-0.4, -0.2) is 12.1 Å². The van der Waals surface area contributed by atoms with Crippen molar-refractivity contribution in [2.45, 2.75) is 59.4 Å². The molecular formula is C18H29N. The Morgan fingerprint density at radius 1 is 1.05 bits per heavy atom. The molecule has 1 fully saturated rings. The molecule has 0 amide bonds. The Morgan fingerprint density at radius 3 is 2.26 bits per heavy atom. The fraction of sp³-hybridized carbons (Fsp3) is 0.667. The van der Waals surface area contributed by atoms with Crippen LogP contribution in [0.2, 0.25) is 0 Å². The molecule has 106 valence electrons. The third-order valence-corrected chi connectivity index (χ3v) is 4.54. The van der Waals surface area contributed by atoms with Gasteiger partial charge in [0, 0.05) is 5.54 Å². The molecule has 0 saturated heterocycles. The van der Waals surface area contributed by atoms with Gasteiger partial charge in [0.1, 0.15) is 0 Å². The zero-order valence-corrected chi connectivity index (χ0v) is 13.2. The molecule has 1 aliphatic carbocycles. The van der Waals surface area contributed by atoms with Gasteiger partial charge in [-0.15, -0.1) is 0 Å². The third-order valence-electron chi connectivity index (χ3n) is 4.54. The lowest BCUT2D eigenvalue weighted by Crippen LogP contribution is -2.44. The summed E-state index contributed by atoms with van der Waals surface area (Å²) >= 11 is 0. The Kier molecular flexibility index (Phi) is 4.35. The molecule has 1 aliphatic rings. The van der Waals surface area contributed by atoms with Crippen LogP contribution in [0.1, 0.15) is 50.3 Å². The fourth-order valence-corrected chi connectivity index (χ4v) is 2.85. The molecule has 1 aromatic rings. The van der Waals surface area contributed by atoms with Gasteiger partial charge < -0.3 is 5.32 Å². The zero-order valence-electron chi connectivity index (χ0n) is 13.2. The van der Waals surface area contributed by atoms with Gasteiger partial charge in [-0.05, 0) is 89.0 Å². The molecule has 1 N–H and O–H groups in total. The molecule has 0 heterocycles. The molecule has 0 aliphatic heterocycles. The minimum Gasteiger partial charge on any atom is -0.312 e. The molecule has 2 rings (SSSR count). The van der Waals surface area contributed by atoms with Gasteiger partial charge in [-0.3, -0.25) is 0 Å². The largest absolute Gasteiger partial charge is 0.312 e. The zero-order chi connectivity index (χ0) is 14.0. The van der Waals surface area contributed by atoms with Crippen LogP contribution >= 0.6 is 0 Å². The maximum atomic E-state index is 3.66. The first-order valence-electron chi connectivity index (χ1n) is 7.66. The second-order valence-electron chi connectivity index (χ2n) is 7.35. The van der Waals surface area contributed by atoms with Crippen molar-refractivity contribution >= 4 is 0 Å². The van der Waals surface area contributed by atoms with Crippen LogP contribution in [0.4, 0.5) is 0 Å². The highest BCUT2D eigenvalue weighted by Gasteiger charge is 2.31. The highest BCUT2D eigenvalue weighted by atomic mass is 14.9. The monoisotopic (exact) mass is 259 g/mol. The highest BCUT2D eigenvalue weighted by molar-refractivity contribution is 5.30. The van der Waals surface area contributed by atoms with E-state index in [0.29, 0.717) is 0 Å². The molecule has 0 aromatic heterocycles. The van der Waals surface area contributed by atoms with E-state index in [1.165, 1.54) is 42.5 Å². The van der Waals surface area contributed by atoms with Crippen molar-refractivity contribution in [2.75, 3.05) is 6.54 Å². The van der Waals surface area contributed by atoms with E-state index < -0.39 is 0 Å². The number of aryl methyl sites for hydroxylation is 2. The lowest BCUT2D eigenvalue weighted by molar-refractivity contribution is 0.159. The summed E-state index contributed by atoms with van der Waals surface area (Å²) in [4.78, 5) is 0. The standard InChI is InChI=1S/C18H29N/c1-13-6-7-15(10-14(13)2)11-16-8-9-17(16)12-19-18(3,4)5/h6-7,10,16-17,19H,8-9,11-12H2,1-5H3. The van der Waals surface area contributed by atoms with Crippen molar-refractivity contribution in [1.82, 2.24) is 5.32 Å². The lowest BCUT2D eigenvalue weighted by atomic mass is 9.70. The minimum absolute atomic E-state index is 0.251. The van der Waals surface area contributed by atoms with Crippen molar-refractivity contribution < 1.29 is 0 Å². The molecule has 2 atom stereocenters. The molecule has 1 nitrogen and oxygen atoms in total. The van der Waals surface area contributed by atoms with Crippen molar-refractivity contribution in [3.05, 3.63) is 34.9 Å². The second kappa shape index (κ2) is 5.66. The van der Waals surface area contributed by atoms with E-state index in [4.69, 9.17) is 0 Å². The molecule has 0 spiro atoms. The molecular weight excluding hydrogens is 230 g/mol. The second-order valence-corrected chi connectivity index (χ2v) is 7.35.